The maximum Gasteiger partial charge on any atom is 0.149 e. The predicted molar refractivity (Wildman–Crippen MR) is 52.2 cm³/mol. The van der Waals surface area contributed by atoms with Crippen LogP contribution in [0.1, 0.15) is 40.5 Å². The second-order valence-corrected chi connectivity index (χ2v) is 3.50. The van der Waals surface area contributed by atoms with E-state index in [1.54, 1.807) is 0 Å². The highest BCUT2D eigenvalue weighted by Crippen LogP contribution is 2.04. The fourth-order valence-electron chi connectivity index (χ4n) is 1.24. The van der Waals surface area contributed by atoms with Crippen LogP contribution in [0.5, 0.6) is 0 Å². The summed E-state index contributed by atoms with van der Waals surface area (Å²) < 4.78 is 0. The molecule has 2 nitrogen and oxygen atoms in total. The number of rotatable bonds is 6. The minimum atomic E-state index is 0.0648. The van der Waals surface area contributed by atoms with Gasteiger partial charge in [0.2, 0.25) is 0 Å². The van der Waals surface area contributed by atoms with Crippen LogP contribution in [-0.2, 0) is 4.79 Å². The van der Waals surface area contributed by atoms with Crippen LogP contribution in [0.25, 0.3) is 0 Å². The lowest BCUT2D eigenvalue weighted by Crippen LogP contribution is -2.41. The molecule has 0 aliphatic heterocycles. The Morgan fingerprint density at radius 2 is 1.92 bits per heavy atom. The maximum absolute atomic E-state index is 11.4. The molecular formula is C10H21NO. The van der Waals surface area contributed by atoms with E-state index in [4.69, 9.17) is 0 Å². The van der Waals surface area contributed by atoms with E-state index in [2.05, 4.69) is 26.1 Å². The SMILES string of the molecule is CCCN[C@H](C(=O)CC)C(C)C. The van der Waals surface area contributed by atoms with E-state index < -0.39 is 0 Å². The van der Waals surface area contributed by atoms with Crippen molar-refractivity contribution in [3.8, 4) is 0 Å². The molecule has 0 aromatic rings. The van der Waals surface area contributed by atoms with Gasteiger partial charge in [-0.05, 0) is 18.9 Å². The first-order chi connectivity index (χ1) is 5.63. The Morgan fingerprint density at radius 3 is 2.25 bits per heavy atom. The molecule has 0 saturated heterocycles. The molecule has 0 aromatic carbocycles. The summed E-state index contributed by atoms with van der Waals surface area (Å²) in [6, 6.07) is 0.0648. The van der Waals surface area contributed by atoms with Gasteiger partial charge in [0.15, 0.2) is 0 Å². The largest absolute Gasteiger partial charge is 0.307 e. The molecule has 2 heteroatoms. The van der Waals surface area contributed by atoms with Gasteiger partial charge in [0.25, 0.3) is 0 Å². The zero-order valence-corrected chi connectivity index (χ0v) is 8.68. The zero-order chi connectivity index (χ0) is 9.56. The van der Waals surface area contributed by atoms with Gasteiger partial charge in [-0.1, -0.05) is 27.7 Å². The molecule has 0 amide bonds. The Hall–Kier alpha value is -0.370. The first kappa shape index (κ1) is 11.6. The van der Waals surface area contributed by atoms with Crippen molar-refractivity contribution in [2.75, 3.05) is 6.54 Å². The van der Waals surface area contributed by atoms with E-state index in [1.165, 1.54) is 0 Å². The summed E-state index contributed by atoms with van der Waals surface area (Å²) in [5, 5.41) is 3.27. The molecule has 0 unspecified atom stereocenters. The average Bonchev–Trinajstić information content (AvgIpc) is 2.04. The van der Waals surface area contributed by atoms with Gasteiger partial charge in [-0.3, -0.25) is 4.79 Å². The molecule has 1 N–H and O–H groups in total. The summed E-state index contributed by atoms with van der Waals surface area (Å²) in [6.45, 7) is 9.14. The molecule has 0 spiro atoms. The maximum atomic E-state index is 11.4. The van der Waals surface area contributed by atoms with Gasteiger partial charge in [-0.15, -0.1) is 0 Å². The van der Waals surface area contributed by atoms with Crippen LogP contribution >= 0.6 is 0 Å². The third-order valence-corrected chi connectivity index (χ3v) is 1.98. The normalized spacial score (nSPS) is 13.4. The number of hydrogen-bond donors (Lipinski definition) is 1. The molecule has 0 rings (SSSR count). The van der Waals surface area contributed by atoms with Crippen LogP contribution in [-0.4, -0.2) is 18.4 Å². The van der Waals surface area contributed by atoms with Crippen molar-refractivity contribution < 1.29 is 4.79 Å². The third-order valence-electron chi connectivity index (χ3n) is 1.98. The van der Waals surface area contributed by atoms with Crippen LogP contribution < -0.4 is 5.32 Å². The van der Waals surface area contributed by atoms with Crippen molar-refractivity contribution in [3.05, 3.63) is 0 Å². The topological polar surface area (TPSA) is 29.1 Å². The lowest BCUT2D eigenvalue weighted by molar-refractivity contribution is -0.121. The first-order valence-electron chi connectivity index (χ1n) is 4.89. The van der Waals surface area contributed by atoms with Crippen molar-refractivity contribution in [1.82, 2.24) is 5.32 Å². The Morgan fingerprint density at radius 1 is 1.33 bits per heavy atom. The fourth-order valence-corrected chi connectivity index (χ4v) is 1.24. The molecule has 72 valence electrons. The van der Waals surface area contributed by atoms with Gasteiger partial charge >= 0.3 is 0 Å². The Labute approximate surface area is 75.7 Å². The molecule has 0 saturated carbocycles. The molecule has 0 bridgehead atoms. The summed E-state index contributed by atoms with van der Waals surface area (Å²) in [5.74, 6) is 0.738. The van der Waals surface area contributed by atoms with Gasteiger partial charge < -0.3 is 5.32 Å². The first-order valence-corrected chi connectivity index (χ1v) is 4.89. The number of carbonyl (C=O) groups excluding carboxylic acids is 1. The molecule has 0 fully saturated rings. The van der Waals surface area contributed by atoms with Crippen LogP contribution in [0.15, 0.2) is 0 Å². The quantitative estimate of drug-likeness (QED) is 0.662. The number of ketones is 1. The van der Waals surface area contributed by atoms with Crippen LogP contribution in [0, 0.1) is 5.92 Å². The highest BCUT2D eigenvalue weighted by atomic mass is 16.1. The molecule has 0 heterocycles. The monoisotopic (exact) mass is 171 g/mol. The lowest BCUT2D eigenvalue weighted by atomic mass is 9.98. The highest BCUT2D eigenvalue weighted by Gasteiger charge is 2.18. The van der Waals surface area contributed by atoms with Crippen LogP contribution in [0.3, 0.4) is 0 Å². The number of nitrogens with one attached hydrogen (secondary N) is 1. The Bertz CT molecular complexity index is 132. The summed E-state index contributed by atoms with van der Waals surface area (Å²) in [5.41, 5.74) is 0. The molecule has 0 aliphatic rings. The van der Waals surface area contributed by atoms with Gasteiger partial charge in [-0.25, -0.2) is 0 Å². The van der Waals surface area contributed by atoms with Crippen LogP contribution in [0.4, 0.5) is 0 Å². The van der Waals surface area contributed by atoms with Gasteiger partial charge in [0.05, 0.1) is 6.04 Å². The number of hydrogen-bond acceptors (Lipinski definition) is 2. The van der Waals surface area contributed by atoms with E-state index >= 15 is 0 Å². The average molecular weight is 171 g/mol. The van der Waals surface area contributed by atoms with Crippen molar-refractivity contribution in [3.63, 3.8) is 0 Å². The Balaban J connectivity index is 3.95. The molecular weight excluding hydrogens is 150 g/mol. The fraction of sp³-hybridized carbons (Fsp3) is 0.900. The van der Waals surface area contributed by atoms with Crippen molar-refractivity contribution in [2.24, 2.45) is 5.92 Å². The predicted octanol–water partition coefficient (Wildman–Crippen LogP) is 1.99. The van der Waals surface area contributed by atoms with Crippen molar-refractivity contribution in [1.29, 1.82) is 0 Å². The molecule has 0 aromatic heterocycles. The third kappa shape index (κ3) is 3.86. The van der Waals surface area contributed by atoms with Crippen LogP contribution in [0.2, 0.25) is 0 Å². The number of carbonyl (C=O) groups is 1. The summed E-state index contributed by atoms with van der Waals surface area (Å²) in [7, 11) is 0. The zero-order valence-electron chi connectivity index (χ0n) is 8.68. The molecule has 0 aliphatic carbocycles. The van der Waals surface area contributed by atoms with E-state index in [-0.39, 0.29) is 6.04 Å². The molecule has 1 atom stereocenters. The van der Waals surface area contributed by atoms with Crippen molar-refractivity contribution >= 4 is 5.78 Å². The molecule has 12 heavy (non-hydrogen) atoms. The van der Waals surface area contributed by atoms with E-state index in [9.17, 15) is 4.79 Å². The summed E-state index contributed by atoms with van der Waals surface area (Å²) >= 11 is 0. The van der Waals surface area contributed by atoms with E-state index in [0.717, 1.165) is 13.0 Å². The minimum Gasteiger partial charge on any atom is -0.307 e. The van der Waals surface area contributed by atoms with E-state index in [1.807, 2.05) is 6.92 Å². The lowest BCUT2D eigenvalue weighted by Gasteiger charge is -2.20. The smallest absolute Gasteiger partial charge is 0.149 e. The van der Waals surface area contributed by atoms with Gasteiger partial charge in [0.1, 0.15) is 5.78 Å². The van der Waals surface area contributed by atoms with Crippen molar-refractivity contribution in [2.45, 2.75) is 46.6 Å². The second-order valence-electron chi connectivity index (χ2n) is 3.50. The summed E-state index contributed by atoms with van der Waals surface area (Å²) in [6.07, 6.45) is 1.72. The summed E-state index contributed by atoms with van der Waals surface area (Å²) in [4.78, 5) is 11.4. The highest BCUT2D eigenvalue weighted by molar-refractivity contribution is 5.83. The minimum absolute atomic E-state index is 0.0648. The van der Waals surface area contributed by atoms with Gasteiger partial charge in [0, 0.05) is 6.42 Å². The van der Waals surface area contributed by atoms with E-state index in [0.29, 0.717) is 18.1 Å². The molecule has 0 radical (unpaired) electrons. The number of Topliss-reactive ketones (excluding diaryl/α,β-unsaturated/α-hetero) is 1. The second kappa shape index (κ2) is 6.18. The standard InChI is InChI=1S/C10H21NO/c1-5-7-11-10(8(3)4)9(12)6-2/h8,10-11H,5-7H2,1-4H3/t10-/m0/s1. The Kier molecular flexibility index (Phi) is 5.99. The van der Waals surface area contributed by atoms with Gasteiger partial charge in [-0.2, -0.15) is 0 Å².